The molecule has 0 aromatic heterocycles. The number of nitrogens with one attached hydrogen (secondary N) is 1. The Hall–Kier alpha value is -1.82. The third-order valence-corrected chi connectivity index (χ3v) is 7.32. The van der Waals surface area contributed by atoms with Crippen molar-refractivity contribution in [2.24, 2.45) is 16.8 Å². The molecule has 2 aliphatic heterocycles. The van der Waals surface area contributed by atoms with Crippen LogP contribution in [0.1, 0.15) is 49.5 Å². The van der Waals surface area contributed by atoms with Gasteiger partial charge in [-0.05, 0) is 74.5 Å². The molecule has 1 saturated heterocycles. The second-order valence-corrected chi connectivity index (χ2v) is 10.5. The topological polar surface area (TPSA) is 44.7 Å². The third kappa shape index (κ3) is 5.51. The van der Waals surface area contributed by atoms with Crippen LogP contribution in [0.25, 0.3) is 0 Å². The van der Waals surface area contributed by atoms with Gasteiger partial charge in [-0.1, -0.05) is 37.2 Å². The van der Waals surface area contributed by atoms with E-state index in [2.05, 4.69) is 24.1 Å². The molecule has 2 heterocycles. The first-order valence-corrected chi connectivity index (χ1v) is 12.3. The number of likely N-dealkylation sites (tertiary alicyclic amines) is 1. The molecular weight excluding hydrogens is 426 g/mol. The average molecular weight is 456 g/mol. The van der Waals surface area contributed by atoms with Crippen LogP contribution in [0, 0.1) is 11.8 Å². The van der Waals surface area contributed by atoms with E-state index in [1.165, 1.54) is 19.5 Å². The van der Waals surface area contributed by atoms with Crippen molar-refractivity contribution in [1.29, 1.82) is 0 Å². The first-order chi connectivity index (χ1) is 14.9. The lowest BCUT2D eigenvalue weighted by Crippen LogP contribution is -2.40. The number of halogens is 1. The highest BCUT2D eigenvalue weighted by Gasteiger charge is 2.21. The normalized spacial score (nSPS) is 21.0. The number of fused-ring (bicyclic) bond motifs is 2. The first kappa shape index (κ1) is 22.4. The largest absolute Gasteiger partial charge is 0.352 e. The number of rotatable bonds is 5. The summed E-state index contributed by atoms with van der Waals surface area (Å²) in [7, 11) is 0. The van der Waals surface area contributed by atoms with E-state index in [-0.39, 0.29) is 5.91 Å². The lowest BCUT2D eigenvalue weighted by molar-refractivity contribution is 0.0947. The smallest absolute Gasteiger partial charge is 0.251 e. The quantitative estimate of drug-likeness (QED) is 0.558. The molecule has 2 aliphatic rings. The van der Waals surface area contributed by atoms with Gasteiger partial charge in [0, 0.05) is 51.3 Å². The van der Waals surface area contributed by atoms with Crippen LogP contribution in [-0.4, -0.2) is 42.7 Å². The number of carbonyl (C=O) groups is 1. The Labute approximate surface area is 194 Å². The number of piperidine rings is 1. The zero-order chi connectivity index (χ0) is 22.0. The van der Waals surface area contributed by atoms with Crippen molar-refractivity contribution in [2.45, 2.75) is 43.4 Å². The summed E-state index contributed by atoms with van der Waals surface area (Å²) in [5.41, 5.74) is 3.44. The molecule has 0 radical (unpaired) electrons. The van der Waals surface area contributed by atoms with E-state index < -0.39 is 0 Å². The predicted molar refractivity (Wildman–Crippen MR) is 130 cm³/mol. The summed E-state index contributed by atoms with van der Waals surface area (Å²) in [5, 5.41) is 3.78. The van der Waals surface area contributed by atoms with Crippen molar-refractivity contribution in [3.63, 3.8) is 0 Å². The zero-order valence-electron chi connectivity index (χ0n) is 18.5. The van der Waals surface area contributed by atoms with Crippen LogP contribution in [0.4, 0.5) is 5.69 Å². The van der Waals surface area contributed by atoms with Crippen molar-refractivity contribution in [1.82, 2.24) is 10.2 Å². The fraction of sp³-hybridized carbons (Fsp3) is 0.440. The molecule has 6 heteroatoms. The third-order valence-electron chi connectivity index (χ3n) is 5.94. The van der Waals surface area contributed by atoms with Crippen LogP contribution < -0.4 is 5.32 Å². The Kier molecular flexibility index (Phi) is 7.05. The van der Waals surface area contributed by atoms with Crippen LogP contribution in [-0.2, 0) is 0 Å². The molecule has 0 bridgehead atoms. The summed E-state index contributed by atoms with van der Waals surface area (Å²) in [5.74, 6) is 1.50. The van der Waals surface area contributed by atoms with E-state index in [0.29, 0.717) is 17.1 Å². The van der Waals surface area contributed by atoms with Gasteiger partial charge in [0.1, 0.15) is 0 Å². The molecule has 2 aromatic carbocycles. The summed E-state index contributed by atoms with van der Waals surface area (Å²) < 4.78 is 0. The molecule has 0 aliphatic carbocycles. The second-order valence-electron chi connectivity index (χ2n) is 8.94. The molecular formula is C25H30ClN3OS. The van der Waals surface area contributed by atoms with Gasteiger partial charge in [-0.15, -0.1) is 0 Å². The van der Waals surface area contributed by atoms with Gasteiger partial charge < -0.3 is 10.2 Å². The summed E-state index contributed by atoms with van der Waals surface area (Å²) in [4.78, 5) is 22.2. The predicted octanol–water partition coefficient (Wildman–Crippen LogP) is 6.04. The number of carbonyl (C=O) groups excluding carboxylic acids is 1. The Bertz CT molecular complexity index is 996. The van der Waals surface area contributed by atoms with E-state index >= 15 is 0 Å². The van der Waals surface area contributed by atoms with Crippen LogP contribution in [0.5, 0.6) is 0 Å². The molecule has 2 aromatic rings. The maximum atomic E-state index is 12.7. The molecule has 0 saturated carbocycles. The number of hydrogen-bond donors (Lipinski definition) is 1. The molecule has 164 valence electrons. The van der Waals surface area contributed by atoms with Gasteiger partial charge in [0.2, 0.25) is 0 Å². The van der Waals surface area contributed by atoms with Crippen LogP contribution >= 0.6 is 23.4 Å². The van der Waals surface area contributed by atoms with Crippen LogP contribution in [0.2, 0.25) is 5.02 Å². The highest BCUT2D eigenvalue weighted by molar-refractivity contribution is 7.99. The van der Waals surface area contributed by atoms with Gasteiger partial charge in [0.05, 0.1) is 5.69 Å². The number of hydrogen-bond acceptors (Lipinski definition) is 4. The Balaban J connectivity index is 1.37. The SMILES string of the molecule is CC1=Nc2cc(C(=O)NCCCN3C[C@H](C)C[C@H](C)C3)ccc2Sc2ccc(Cl)cc21. The highest BCUT2D eigenvalue weighted by atomic mass is 35.5. The van der Waals surface area contributed by atoms with Crippen molar-refractivity contribution in [3.05, 3.63) is 52.5 Å². The Morgan fingerprint density at radius 3 is 2.68 bits per heavy atom. The average Bonchev–Trinajstić information content (AvgIpc) is 2.85. The van der Waals surface area contributed by atoms with Gasteiger partial charge in [-0.3, -0.25) is 9.79 Å². The van der Waals surface area contributed by atoms with E-state index in [1.807, 2.05) is 43.3 Å². The minimum absolute atomic E-state index is 0.0363. The highest BCUT2D eigenvalue weighted by Crippen LogP contribution is 2.41. The molecule has 1 fully saturated rings. The van der Waals surface area contributed by atoms with Crippen molar-refractivity contribution < 1.29 is 4.79 Å². The molecule has 31 heavy (non-hydrogen) atoms. The van der Waals surface area contributed by atoms with Gasteiger partial charge in [-0.2, -0.15) is 0 Å². The van der Waals surface area contributed by atoms with Crippen molar-refractivity contribution >= 4 is 40.7 Å². The van der Waals surface area contributed by atoms with Gasteiger partial charge in [-0.25, -0.2) is 0 Å². The van der Waals surface area contributed by atoms with Crippen molar-refractivity contribution in [3.8, 4) is 0 Å². The Morgan fingerprint density at radius 1 is 1.16 bits per heavy atom. The summed E-state index contributed by atoms with van der Waals surface area (Å²) in [6.45, 7) is 10.7. The minimum atomic E-state index is -0.0363. The molecule has 1 amide bonds. The fourth-order valence-electron chi connectivity index (χ4n) is 4.65. The summed E-state index contributed by atoms with van der Waals surface area (Å²) in [6, 6.07) is 11.7. The van der Waals surface area contributed by atoms with E-state index in [1.54, 1.807) is 11.8 Å². The molecule has 1 N–H and O–H groups in total. The van der Waals surface area contributed by atoms with Gasteiger partial charge in [0.15, 0.2) is 0 Å². The van der Waals surface area contributed by atoms with E-state index in [9.17, 15) is 4.79 Å². The molecule has 4 nitrogen and oxygen atoms in total. The van der Waals surface area contributed by atoms with Crippen LogP contribution in [0.15, 0.2) is 51.2 Å². The zero-order valence-corrected chi connectivity index (χ0v) is 20.0. The second kappa shape index (κ2) is 9.76. The molecule has 4 rings (SSSR count). The van der Waals surface area contributed by atoms with Gasteiger partial charge >= 0.3 is 0 Å². The van der Waals surface area contributed by atoms with Gasteiger partial charge in [0.25, 0.3) is 5.91 Å². The first-order valence-electron chi connectivity index (χ1n) is 11.1. The maximum Gasteiger partial charge on any atom is 0.251 e. The standard InChI is InChI=1S/C25H30ClN3OS/c1-16-11-17(2)15-29(14-16)10-4-9-27-25(30)19-5-7-24-22(12-19)28-18(3)21-13-20(26)6-8-23(21)31-24/h5-8,12-13,16-17H,4,9-11,14-15H2,1-3H3,(H,27,30)/t16-,17+. The maximum absolute atomic E-state index is 12.7. The molecule has 0 unspecified atom stereocenters. The monoisotopic (exact) mass is 455 g/mol. The Morgan fingerprint density at radius 2 is 1.90 bits per heavy atom. The summed E-state index contributed by atoms with van der Waals surface area (Å²) >= 11 is 7.84. The lowest BCUT2D eigenvalue weighted by atomic mass is 9.92. The number of aliphatic imine (C=N–C) groups is 1. The number of amides is 1. The number of benzene rings is 2. The number of nitrogens with zero attached hydrogens (tertiary/aromatic N) is 2. The van der Waals surface area contributed by atoms with Crippen LogP contribution in [0.3, 0.4) is 0 Å². The molecule has 0 spiro atoms. The van der Waals surface area contributed by atoms with E-state index in [0.717, 1.165) is 51.6 Å². The lowest BCUT2D eigenvalue weighted by Gasteiger charge is -2.34. The summed E-state index contributed by atoms with van der Waals surface area (Å²) in [6.07, 6.45) is 2.29. The van der Waals surface area contributed by atoms with E-state index in [4.69, 9.17) is 16.6 Å². The minimum Gasteiger partial charge on any atom is -0.352 e. The van der Waals surface area contributed by atoms with Crippen molar-refractivity contribution in [2.75, 3.05) is 26.2 Å². The molecule has 2 atom stereocenters. The fourth-order valence-corrected chi connectivity index (χ4v) is 5.85.